The summed E-state index contributed by atoms with van der Waals surface area (Å²) in [5.74, 6) is -3.42. The molecule has 3 aromatic rings. The van der Waals surface area contributed by atoms with E-state index in [-0.39, 0.29) is 34.9 Å². The first-order valence-corrected chi connectivity index (χ1v) is 11.3. The van der Waals surface area contributed by atoms with Crippen LogP contribution in [0.1, 0.15) is 28.2 Å². The largest absolute Gasteiger partial charge is 0.494 e. The van der Waals surface area contributed by atoms with Crippen LogP contribution in [0.3, 0.4) is 0 Å². The van der Waals surface area contributed by atoms with Crippen LogP contribution >= 0.6 is 0 Å². The molecule has 1 aromatic heterocycles. The summed E-state index contributed by atoms with van der Waals surface area (Å²) >= 11 is 0. The number of aromatic nitrogens is 2. The minimum Gasteiger partial charge on any atom is -0.494 e. The Morgan fingerprint density at radius 3 is 2.58 bits per heavy atom. The molecule has 0 saturated carbocycles. The van der Waals surface area contributed by atoms with E-state index in [1.165, 1.54) is 32.4 Å². The monoisotopic (exact) mass is 497 g/mol. The molecule has 2 aromatic carbocycles. The molecule has 0 aliphatic carbocycles. The molecule has 1 saturated heterocycles. The van der Waals surface area contributed by atoms with E-state index >= 15 is 0 Å². The van der Waals surface area contributed by atoms with Gasteiger partial charge in [0.1, 0.15) is 11.4 Å². The Bertz CT molecular complexity index is 1300. The lowest BCUT2D eigenvalue weighted by Gasteiger charge is -2.31. The number of carbonyl (C=O) groups excluding carboxylic acids is 2. The second-order valence-corrected chi connectivity index (χ2v) is 8.32. The van der Waals surface area contributed by atoms with Crippen LogP contribution in [-0.2, 0) is 16.0 Å². The molecule has 4 rings (SSSR count). The summed E-state index contributed by atoms with van der Waals surface area (Å²) in [5.41, 5.74) is -0.156. The summed E-state index contributed by atoms with van der Waals surface area (Å²) in [6.45, 7) is 4.50. The van der Waals surface area contributed by atoms with Crippen LogP contribution in [0.4, 0.5) is 8.78 Å². The van der Waals surface area contributed by atoms with Crippen molar-refractivity contribution in [3.05, 3.63) is 71.7 Å². The molecule has 0 radical (unpaired) electrons. The summed E-state index contributed by atoms with van der Waals surface area (Å²) < 4.78 is 45.0. The van der Waals surface area contributed by atoms with Crippen molar-refractivity contribution < 1.29 is 32.6 Å². The van der Waals surface area contributed by atoms with E-state index in [2.05, 4.69) is 21.9 Å². The number of hydrogen-bond acceptors (Lipinski definition) is 7. The second-order valence-electron chi connectivity index (χ2n) is 8.32. The maximum atomic E-state index is 14.8. The number of benzene rings is 2. The van der Waals surface area contributed by atoms with E-state index in [0.29, 0.717) is 42.8 Å². The number of methoxy groups -OCH3 is 2. The zero-order chi connectivity index (χ0) is 25.8. The molecule has 188 valence electrons. The molecule has 0 bridgehead atoms. The molecule has 10 heteroatoms. The number of fused-ring (bicyclic) bond motifs is 1. The first-order valence-electron chi connectivity index (χ1n) is 11.3. The normalized spacial score (nSPS) is 17.4. The van der Waals surface area contributed by atoms with Crippen LogP contribution < -0.4 is 14.8 Å². The summed E-state index contributed by atoms with van der Waals surface area (Å²) in [7, 11) is 2.42. The van der Waals surface area contributed by atoms with Crippen LogP contribution in [0.25, 0.3) is 10.9 Å². The van der Waals surface area contributed by atoms with Crippen LogP contribution in [0.15, 0.2) is 43.1 Å². The lowest BCUT2D eigenvalue weighted by Crippen LogP contribution is -2.46. The molecule has 2 heterocycles. The zero-order valence-electron chi connectivity index (χ0n) is 19.8. The third-order valence-electron chi connectivity index (χ3n) is 6.12. The molecule has 1 N–H and O–H groups in total. The highest BCUT2D eigenvalue weighted by molar-refractivity contribution is 6.11. The maximum absolute atomic E-state index is 14.8. The van der Waals surface area contributed by atoms with Crippen molar-refractivity contribution in [1.82, 2.24) is 15.3 Å². The van der Waals surface area contributed by atoms with Crippen molar-refractivity contribution in [2.75, 3.05) is 27.4 Å². The van der Waals surface area contributed by atoms with Gasteiger partial charge >= 0.3 is 0 Å². The Morgan fingerprint density at radius 2 is 1.92 bits per heavy atom. The highest BCUT2D eigenvalue weighted by Crippen LogP contribution is 2.33. The van der Waals surface area contributed by atoms with Gasteiger partial charge < -0.3 is 19.5 Å². The Kier molecular flexibility index (Phi) is 7.54. The molecule has 1 fully saturated rings. The van der Waals surface area contributed by atoms with Gasteiger partial charge in [-0.25, -0.2) is 18.7 Å². The van der Waals surface area contributed by atoms with Gasteiger partial charge in [-0.15, -0.1) is 0 Å². The third-order valence-corrected chi connectivity index (χ3v) is 6.12. The minimum absolute atomic E-state index is 0.0186. The van der Waals surface area contributed by atoms with E-state index < -0.39 is 23.0 Å². The third kappa shape index (κ3) is 5.03. The van der Waals surface area contributed by atoms with Crippen molar-refractivity contribution in [1.29, 1.82) is 0 Å². The maximum Gasteiger partial charge on any atom is 0.243 e. The average molecular weight is 497 g/mol. The molecule has 2 atom stereocenters. The number of halogens is 2. The summed E-state index contributed by atoms with van der Waals surface area (Å²) in [6.07, 6.45) is 3.93. The molecule has 2 unspecified atom stereocenters. The Labute approximate surface area is 206 Å². The van der Waals surface area contributed by atoms with Gasteiger partial charge in [0, 0.05) is 48.2 Å². The van der Waals surface area contributed by atoms with E-state index in [1.807, 2.05) is 0 Å². The number of ketones is 1. The Morgan fingerprint density at radius 1 is 1.19 bits per heavy atom. The number of carbonyl (C=O) groups is 2. The molecular formula is C26H25F2N3O5. The van der Waals surface area contributed by atoms with Gasteiger partial charge in [0.2, 0.25) is 5.91 Å². The number of rotatable bonds is 8. The molecule has 1 aliphatic heterocycles. The van der Waals surface area contributed by atoms with Gasteiger partial charge in [0.25, 0.3) is 0 Å². The van der Waals surface area contributed by atoms with Crippen molar-refractivity contribution in [3.63, 3.8) is 0 Å². The fourth-order valence-corrected chi connectivity index (χ4v) is 4.20. The summed E-state index contributed by atoms with van der Waals surface area (Å²) in [4.78, 5) is 33.8. The van der Waals surface area contributed by atoms with Crippen LogP contribution in [0.5, 0.6) is 11.5 Å². The van der Waals surface area contributed by atoms with Gasteiger partial charge in [0.05, 0.1) is 26.3 Å². The number of amides is 1. The SMILES string of the molecule is C=CC(=O)NC1CCOCC1Cc1ncc2cc(C(=O)c3c(F)c(OC)cc(OC)c3F)ccc2n1. The minimum atomic E-state index is -1.11. The van der Waals surface area contributed by atoms with E-state index in [1.54, 1.807) is 12.3 Å². The second kappa shape index (κ2) is 10.8. The fraction of sp³-hybridized carbons (Fsp3) is 0.308. The lowest BCUT2D eigenvalue weighted by molar-refractivity contribution is -0.118. The molecule has 1 amide bonds. The Hall–Kier alpha value is -3.92. The number of hydrogen-bond donors (Lipinski definition) is 1. The standard InChI is InChI=1S/C26H25F2N3O5/c1-4-22(32)31-18-7-8-36-13-16(18)10-21-29-12-15-9-14(5-6-17(15)30-21)26(33)23-24(27)19(34-2)11-20(35-3)25(23)28/h4-6,9,11-12,16,18H,1,7-8,10,13H2,2-3H3,(H,31,32). The Balaban J connectivity index is 1.60. The van der Waals surface area contributed by atoms with Crippen LogP contribution in [0.2, 0.25) is 0 Å². The summed E-state index contributed by atoms with van der Waals surface area (Å²) in [6, 6.07) is 5.47. The van der Waals surface area contributed by atoms with Crippen molar-refractivity contribution in [2.45, 2.75) is 18.9 Å². The fourth-order valence-electron chi connectivity index (χ4n) is 4.20. The molecular weight excluding hydrogens is 472 g/mol. The van der Waals surface area contributed by atoms with E-state index in [0.717, 1.165) is 6.07 Å². The molecule has 0 spiro atoms. The van der Waals surface area contributed by atoms with Crippen LogP contribution in [-0.4, -0.2) is 55.1 Å². The number of nitrogens with one attached hydrogen (secondary N) is 1. The zero-order valence-corrected chi connectivity index (χ0v) is 19.8. The number of nitrogens with zero attached hydrogens (tertiary/aromatic N) is 2. The van der Waals surface area contributed by atoms with Gasteiger partial charge in [0.15, 0.2) is 28.9 Å². The molecule has 1 aliphatic rings. The van der Waals surface area contributed by atoms with E-state index in [4.69, 9.17) is 14.2 Å². The van der Waals surface area contributed by atoms with E-state index in [9.17, 15) is 18.4 Å². The lowest BCUT2D eigenvalue weighted by atomic mass is 9.92. The summed E-state index contributed by atoms with van der Waals surface area (Å²) in [5, 5.41) is 3.45. The molecule has 8 nitrogen and oxygen atoms in total. The smallest absolute Gasteiger partial charge is 0.243 e. The highest BCUT2D eigenvalue weighted by Gasteiger charge is 2.29. The van der Waals surface area contributed by atoms with Crippen molar-refractivity contribution >= 4 is 22.6 Å². The first-order chi connectivity index (χ1) is 17.4. The van der Waals surface area contributed by atoms with Crippen molar-refractivity contribution in [3.8, 4) is 11.5 Å². The highest BCUT2D eigenvalue weighted by atomic mass is 19.1. The van der Waals surface area contributed by atoms with Crippen molar-refractivity contribution in [2.24, 2.45) is 5.92 Å². The average Bonchev–Trinajstić information content (AvgIpc) is 2.89. The number of ether oxygens (including phenoxy) is 3. The van der Waals surface area contributed by atoms with Crippen LogP contribution in [0, 0.1) is 17.6 Å². The quantitative estimate of drug-likeness (QED) is 0.376. The van der Waals surface area contributed by atoms with Gasteiger partial charge in [-0.05, 0) is 30.7 Å². The predicted molar refractivity (Wildman–Crippen MR) is 127 cm³/mol. The van der Waals surface area contributed by atoms with Gasteiger partial charge in [-0.2, -0.15) is 0 Å². The predicted octanol–water partition coefficient (Wildman–Crippen LogP) is 3.41. The first kappa shape index (κ1) is 25.2. The molecule has 36 heavy (non-hydrogen) atoms. The van der Waals surface area contributed by atoms with Gasteiger partial charge in [-0.1, -0.05) is 6.58 Å². The van der Waals surface area contributed by atoms with Gasteiger partial charge in [-0.3, -0.25) is 9.59 Å². The topological polar surface area (TPSA) is 99.6 Å².